The molecule has 0 atom stereocenters. The van der Waals surface area contributed by atoms with E-state index in [-0.39, 0.29) is 5.41 Å². The molecule has 0 amide bonds. The monoisotopic (exact) mass is 430 g/mol. The van der Waals surface area contributed by atoms with Gasteiger partial charge in [-0.05, 0) is 0 Å². The molecule has 2 rings (SSSR count). The number of halogens is 2. The molecule has 0 N–H and O–H groups in total. The van der Waals surface area contributed by atoms with Crippen molar-refractivity contribution < 1.29 is 4.74 Å². The average molecular weight is 431 g/mol. The summed E-state index contributed by atoms with van der Waals surface area (Å²) in [6, 6.07) is 4.34. The summed E-state index contributed by atoms with van der Waals surface area (Å²) in [6.45, 7) is 5.40. The van der Waals surface area contributed by atoms with Crippen molar-refractivity contribution in [3.63, 3.8) is 0 Å². The summed E-state index contributed by atoms with van der Waals surface area (Å²) in [4.78, 5) is 1.24. The van der Waals surface area contributed by atoms with Gasteiger partial charge in [-0.1, -0.05) is 0 Å². The van der Waals surface area contributed by atoms with Crippen LogP contribution >= 0.6 is 40.2 Å². The molecular weight excluding hydrogens is 419 g/mol. The van der Waals surface area contributed by atoms with Gasteiger partial charge in [0.2, 0.25) is 0 Å². The first-order valence-corrected chi connectivity index (χ1v) is 12.6. The Kier molecular flexibility index (Phi) is 4.34. The van der Waals surface area contributed by atoms with Crippen LogP contribution in [0.3, 0.4) is 0 Å². The first-order valence-electron chi connectivity index (χ1n) is 4.97. The third-order valence-electron chi connectivity index (χ3n) is 2.84. The van der Waals surface area contributed by atoms with Crippen molar-refractivity contribution in [2.45, 2.75) is 30.6 Å². The summed E-state index contributed by atoms with van der Waals surface area (Å²) in [5.74, 6) is 1.09. The topological polar surface area (TPSA) is 9.23 Å². The van der Waals surface area contributed by atoms with Crippen LogP contribution < -0.4 is 4.74 Å². The molecule has 0 spiro atoms. The minimum absolute atomic E-state index is 0.214. The number of fused-ring (bicyclic) bond motifs is 1. The molecule has 0 unspecified atom stereocenters. The van der Waals surface area contributed by atoms with Gasteiger partial charge in [-0.3, -0.25) is 0 Å². The summed E-state index contributed by atoms with van der Waals surface area (Å²) < 4.78 is 6.99. The number of ether oxygens (including phenoxy) is 1. The van der Waals surface area contributed by atoms with Gasteiger partial charge in [0.05, 0.1) is 0 Å². The fraction of sp³-hybridized carbons (Fsp3) is 0.455. The van der Waals surface area contributed by atoms with E-state index in [4.69, 9.17) is 4.74 Å². The van der Waals surface area contributed by atoms with Crippen molar-refractivity contribution in [2.24, 2.45) is 0 Å². The number of hydrogen-bond acceptors (Lipinski definition) is 2. The normalized spacial score (nSPS) is 17.8. The van der Waals surface area contributed by atoms with Crippen LogP contribution in [0, 0.1) is 0 Å². The van der Waals surface area contributed by atoms with Gasteiger partial charge in [-0.15, -0.1) is 0 Å². The van der Waals surface area contributed by atoms with E-state index < -0.39 is 0 Å². The van der Waals surface area contributed by atoms with E-state index in [1.807, 2.05) is 10.2 Å². The Labute approximate surface area is 121 Å². The van der Waals surface area contributed by atoms with Crippen molar-refractivity contribution in [2.75, 3.05) is 6.61 Å². The summed E-state index contributed by atoms with van der Waals surface area (Å²) in [6.07, 6.45) is 1.08. The third-order valence-corrected chi connectivity index (χ3v) is 7.43. The predicted octanol–water partition coefficient (Wildman–Crippen LogP) is 4.53. The molecule has 0 saturated heterocycles. The fourth-order valence-corrected chi connectivity index (χ4v) is 6.38. The number of rotatable bonds is 2. The van der Waals surface area contributed by atoms with E-state index in [1.165, 1.54) is 10.5 Å². The molecule has 0 aromatic heterocycles. The molecule has 0 fully saturated rings. The van der Waals surface area contributed by atoms with E-state index >= 15 is 0 Å². The Morgan fingerprint density at radius 3 is 2.88 bits per heavy atom. The third kappa shape index (κ3) is 2.64. The molecule has 0 radical (unpaired) electrons. The van der Waals surface area contributed by atoms with Crippen molar-refractivity contribution >= 4 is 52.2 Å². The van der Waals surface area contributed by atoms with Gasteiger partial charge in [0, 0.05) is 0 Å². The Morgan fingerprint density at radius 1 is 1.44 bits per heavy atom. The summed E-state index contributed by atoms with van der Waals surface area (Å²) in [5, 5.41) is 0. The summed E-state index contributed by atoms with van der Waals surface area (Å²) in [7, 11) is 1.83. The first-order chi connectivity index (χ1) is 7.54. The van der Waals surface area contributed by atoms with Gasteiger partial charge in [-0.2, -0.15) is 0 Å². The molecule has 0 bridgehead atoms. The second kappa shape index (κ2) is 5.23. The zero-order valence-corrected chi connectivity index (χ0v) is 14.8. The molecule has 1 aliphatic heterocycles. The molecule has 1 heterocycles. The Morgan fingerprint density at radius 2 is 2.19 bits per heavy atom. The SMILES string of the molecule is CC1(C)CCOc2c(S[Se]Br)cc(Br)cc21. The minimum atomic E-state index is 0.214. The zero-order chi connectivity index (χ0) is 11.8. The van der Waals surface area contributed by atoms with Crippen LogP contribution in [-0.4, -0.2) is 18.6 Å². The predicted molar refractivity (Wildman–Crippen MR) is 77.8 cm³/mol. The van der Waals surface area contributed by atoms with Gasteiger partial charge in [0.1, 0.15) is 0 Å². The van der Waals surface area contributed by atoms with Gasteiger partial charge in [0.25, 0.3) is 0 Å². The van der Waals surface area contributed by atoms with E-state index in [0.717, 1.165) is 23.2 Å². The standard InChI is InChI=1S/C11H12Br2OSSe/c1-11(2)3-4-14-10-8(11)5-7(12)6-9(10)15-16-13/h5-6H,3-4H2,1-2H3. The molecule has 1 nitrogen and oxygen atoms in total. The van der Waals surface area contributed by atoms with Crippen molar-refractivity contribution in [1.82, 2.24) is 0 Å². The van der Waals surface area contributed by atoms with Gasteiger partial charge >= 0.3 is 122 Å². The second-order valence-electron chi connectivity index (χ2n) is 4.41. The van der Waals surface area contributed by atoms with E-state index in [0.29, 0.717) is 12.0 Å². The van der Waals surface area contributed by atoms with Crippen LogP contribution in [0.15, 0.2) is 21.5 Å². The van der Waals surface area contributed by atoms with Crippen LogP contribution in [0.2, 0.25) is 0 Å². The van der Waals surface area contributed by atoms with E-state index in [9.17, 15) is 0 Å². The number of hydrogen-bond donors (Lipinski definition) is 0. The molecule has 1 aliphatic rings. The zero-order valence-electron chi connectivity index (χ0n) is 9.05. The molecule has 0 aliphatic carbocycles. The van der Waals surface area contributed by atoms with Crippen LogP contribution in [0.25, 0.3) is 0 Å². The van der Waals surface area contributed by atoms with Gasteiger partial charge in [0.15, 0.2) is 0 Å². The van der Waals surface area contributed by atoms with Crippen molar-refractivity contribution in [1.29, 1.82) is 0 Å². The summed E-state index contributed by atoms with van der Waals surface area (Å²) in [5.41, 5.74) is 1.54. The molecule has 88 valence electrons. The Hall–Kier alpha value is 0.849. The Balaban J connectivity index is 2.54. The molecule has 5 heteroatoms. The van der Waals surface area contributed by atoms with Gasteiger partial charge < -0.3 is 0 Å². The maximum absolute atomic E-state index is 5.85. The van der Waals surface area contributed by atoms with Crippen molar-refractivity contribution in [3.8, 4) is 5.75 Å². The van der Waals surface area contributed by atoms with Crippen LogP contribution in [0.4, 0.5) is 0 Å². The van der Waals surface area contributed by atoms with Crippen LogP contribution in [0.5, 0.6) is 5.75 Å². The van der Waals surface area contributed by atoms with Gasteiger partial charge in [-0.25, -0.2) is 0 Å². The quantitative estimate of drug-likeness (QED) is 0.637. The Bertz CT molecular complexity index is 409. The van der Waals surface area contributed by atoms with E-state index in [1.54, 1.807) is 0 Å². The number of benzene rings is 1. The van der Waals surface area contributed by atoms with Crippen LogP contribution in [-0.2, 0) is 5.41 Å². The van der Waals surface area contributed by atoms with Crippen LogP contribution in [0.1, 0.15) is 25.8 Å². The molecular formula is C11H12Br2OSSe. The second-order valence-corrected chi connectivity index (χ2v) is 12.0. The maximum atomic E-state index is 5.85. The fourth-order valence-electron chi connectivity index (χ4n) is 1.86. The first kappa shape index (κ1) is 13.3. The van der Waals surface area contributed by atoms with Crippen molar-refractivity contribution in [3.05, 3.63) is 22.2 Å². The molecule has 1 aromatic carbocycles. The average Bonchev–Trinajstić information content (AvgIpc) is 2.19. The molecule has 1 aromatic rings. The summed E-state index contributed by atoms with van der Waals surface area (Å²) >= 11 is 7.49. The molecule has 16 heavy (non-hydrogen) atoms. The molecule has 0 saturated carbocycles. The van der Waals surface area contributed by atoms with E-state index in [2.05, 4.69) is 56.0 Å².